The van der Waals surface area contributed by atoms with Gasteiger partial charge in [0.15, 0.2) is 0 Å². The maximum Gasteiger partial charge on any atom is 0.293 e. The van der Waals surface area contributed by atoms with Gasteiger partial charge in [-0.2, -0.15) is 0 Å². The summed E-state index contributed by atoms with van der Waals surface area (Å²) in [4.78, 5) is 80.9. The molecule has 2 aliphatic rings. The Morgan fingerprint density at radius 1 is 0.750 bits per heavy atom. The first-order chi connectivity index (χ1) is 22.7. The summed E-state index contributed by atoms with van der Waals surface area (Å²) in [7, 11) is 1.64. The number of nitrogens with two attached hydrogens (primary N) is 2. The molecule has 48 heavy (non-hydrogen) atoms. The molecule has 3 unspecified atom stereocenters. The van der Waals surface area contributed by atoms with Crippen LogP contribution in [0.2, 0.25) is 0 Å². The molecule has 4 aromatic carbocycles. The van der Waals surface area contributed by atoms with Gasteiger partial charge in [-0.05, 0) is 39.4 Å². The highest BCUT2D eigenvalue weighted by atomic mass is 16.6. The summed E-state index contributed by atoms with van der Waals surface area (Å²) in [5, 5.41) is 27.6. The molecule has 6 rings (SSSR count). The average Bonchev–Trinajstić information content (AvgIpc) is 3.05. The first-order valence-electron chi connectivity index (χ1n) is 14.9. The summed E-state index contributed by atoms with van der Waals surface area (Å²) >= 11 is 0. The van der Waals surface area contributed by atoms with Crippen molar-refractivity contribution in [2.75, 3.05) is 18.5 Å². The Balaban J connectivity index is 1.30. The van der Waals surface area contributed by atoms with E-state index in [1.807, 2.05) is 6.92 Å². The predicted molar refractivity (Wildman–Crippen MR) is 175 cm³/mol. The molecule has 246 valence electrons. The van der Waals surface area contributed by atoms with Crippen LogP contribution in [-0.2, 0) is 0 Å². The quantitative estimate of drug-likeness (QED) is 0.0769. The molecule has 0 radical (unpaired) electrons. The molecule has 2 heterocycles. The molecule has 0 fully saturated rings. The number of nitro groups is 2. The van der Waals surface area contributed by atoms with Gasteiger partial charge in [0, 0.05) is 44.8 Å². The lowest BCUT2D eigenvalue weighted by molar-refractivity contribution is -0.383. The van der Waals surface area contributed by atoms with E-state index in [1.165, 1.54) is 36.4 Å². The topological polar surface area (TPSA) is 228 Å². The van der Waals surface area contributed by atoms with Crippen molar-refractivity contribution in [1.29, 1.82) is 0 Å². The average molecular weight is 655 g/mol. The monoisotopic (exact) mass is 654 g/mol. The van der Waals surface area contributed by atoms with E-state index in [9.17, 15) is 39.4 Å². The smallest absolute Gasteiger partial charge is 0.293 e. The van der Waals surface area contributed by atoms with Gasteiger partial charge in [-0.3, -0.25) is 59.4 Å². The molecule has 3 atom stereocenters. The molecule has 0 spiro atoms. The maximum absolute atomic E-state index is 13.9. The number of nitrogens with zero attached hydrogens (tertiary/aromatic N) is 5. The van der Waals surface area contributed by atoms with Crippen molar-refractivity contribution in [2.45, 2.75) is 45.7 Å². The zero-order chi connectivity index (χ0) is 34.9. The van der Waals surface area contributed by atoms with E-state index in [-0.39, 0.29) is 55.2 Å². The summed E-state index contributed by atoms with van der Waals surface area (Å²) in [6.07, 6.45) is -2.13. The summed E-state index contributed by atoms with van der Waals surface area (Å²) in [5.74, 6) is -2.77. The molecule has 16 nitrogen and oxygen atoms in total. The van der Waals surface area contributed by atoms with Crippen LogP contribution >= 0.6 is 0 Å². The highest BCUT2D eigenvalue weighted by Crippen LogP contribution is 2.41. The zero-order valence-corrected chi connectivity index (χ0v) is 26.2. The highest BCUT2D eigenvalue weighted by Gasteiger charge is 2.42. The van der Waals surface area contributed by atoms with E-state index >= 15 is 0 Å². The van der Waals surface area contributed by atoms with Gasteiger partial charge in [-0.15, -0.1) is 0 Å². The molecule has 0 aliphatic carbocycles. The van der Waals surface area contributed by atoms with Gasteiger partial charge in [0.05, 0.1) is 39.5 Å². The first kappa shape index (κ1) is 32.0. The SMILES string of the molecule is CCC(NC(C)N1C(=O)c2cccc3c(N)c([N+](=O)[O-])cc(c23)C1=O)N(C)C(C)N1C(=O)c2cccc3c(N)c([N+](=O)[O-])cc(c23)C1=O. The van der Waals surface area contributed by atoms with Gasteiger partial charge < -0.3 is 11.5 Å². The van der Waals surface area contributed by atoms with E-state index < -0.39 is 63.3 Å². The second kappa shape index (κ2) is 11.4. The molecule has 5 N–H and O–H groups in total. The van der Waals surface area contributed by atoms with Gasteiger partial charge in [0.25, 0.3) is 35.0 Å². The van der Waals surface area contributed by atoms with Gasteiger partial charge in [-0.1, -0.05) is 31.2 Å². The van der Waals surface area contributed by atoms with E-state index in [2.05, 4.69) is 5.32 Å². The number of nitrogens with one attached hydrogen (secondary N) is 1. The summed E-state index contributed by atoms with van der Waals surface area (Å²) in [5.41, 5.74) is 11.1. The number of carbonyl (C=O) groups excluding carboxylic acids is 4. The van der Waals surface area contributed by atoms with Gasteiger partial charge in [-0.25, -0.2) is 0 Å². The van der Waals surface area contributed by atoms with Crippen LogP contribution in [0.4, 0.5) is 22.7 Å². The second-order valence-electron chi connectivity index (χ2n) is 11.7. The third-order valence-corrected chi connectivity index (χ3v) is 9.21. The number of anilines is 2. The van der Waals surface area contributed by atoms with Crippen LogP contribution in [0.15, 0.2) is 48.5 Å². The summed E-state index contributed by atoms with van der Waals surface area (Å²) < 4.78 is 0. The largest absolute Gasteiger partial charge is 0.393 e. The second-order valence-corrected chi connectivity index (χ2v) is 11.7. The summed E-state index contributed by atoms with van der Waals surface area (Å²) in [6.45, 7) is 5.00. The van der Waals surface area contributed by atoms with Crippen LogP contribution in [0.1, 0.15) is 68.6 Å². The number of imide groups is 2. The number of nitrogen functional groups attached to an aromatic ring is 2. The minimum atomic E-state index is -0.961. The molecule has 0 saturated heterocycles. The Morgan fingerprint density at radius 2 is 1.17 bits per heavy atom. The number of hydrogen-bond donors (Lipinski definition) is 3. The van der Waals surface area contributed by atoms with Crippen LogP contribution in [0.5, 0.6) is 0 Å². The molecule has 0 saturated carbocycles. The van der Waals surface area contributed by atoms with Crippen LogP contribution < -0.4 is 16.8 Å². The lowest BCUT2D eigenvalue weighted by atomic mass is 9.92. The van der Waals surface area contributed by atoms with Crippen LogP contribution in [0.3, 0.4) is 0 Å². The molecule has 0 bridgehead atoms. The van der Waals surface area contributed by atoms with Gasteiger partial charge in [0.2, 0.25) is 0 Å². The number of carbonyl (C=O) groups is 4. The number of rotatable bonds is 9. The van der Waals surface area contributed by atoms with Crippen LogP contribution in [0, 0.1) is 20.2 Å². The maximum atomic E-state index is 13.9. The van der Waals surface area contributed by atoms with Crippen molar-refractivity contribution >= 4 is 67.9 Å². The third kappa shape index (κ3) is 4.52. The van der Waals surface area contributed by atoms with Crippen molar-refractivity contribution in [3.63, 3.8) is 0 Å². The van der Waals surface area contributed by atoms with Crippen molar-refractivity contribution in [3.8, 4) is 0 Å². The van der Waals surface area contributed by atoms with E-state index in [0.717, 1.165) is 21.9 Å². The van der Waals surface area contributed by atoms with Gasteiger partial charge >= 0.3 is 0 Å². The van der Waals surface area contributed by atoms with Crippen LogP contribution in [-0.4, -0.2) is 73.7 Å². The fraction of sp³-hybridized carbons (Fsp3) is 0.250. The van der Waals surface area contributed by atoms with Crippen molar-refractivity contribution in [3.05, 3.63) is 91.0 Å². The first-order valence-corrected chi connectivity index (χ1v) is 14.9. The Kier molecular flexibility index (Phi) is 7.56. The van der Waals surface area contributed by atoms with Crippen LogP contribution in [0.25, 0.3) is 21.5 Å². The Hall–Kier alpha value is -6.00. The lowest BCUT2D eigenvalue weighted by Crippen LogP contribution is -2.61. The number of amides is 4. The number of benzene rings is 4. The van der Waals surface area contributed by atoms with Crippen molar-refractivity contribution in [2.24, 2.45) is 0 Å². The Morgan fingerprint density at radius 3 is 1.60 bits per heavy atom. The van der Waals surface area contributed by atoms with E-state index in [4.69, 9.17) is 11.5 Å². The zero-order valence-electron chi connectivity index (χ0n) is 26.2. The van der Waals surface area contributed by atoms with Crippen molar-refractivity contribution < 1.29 is 29.0 Å². The predicted octanol–water partition coefficient (Wildman–Crippen LogP) is 3.82. The molecule has 16 heteroatoms. The molecular weight excluding hydrogens is 624 g/mol. The molecule has 4 aromatic rings. The number of hydrogen-bond acceptors (Lipinski definition) is 12. The molecule has 0 aromatic heterocycles. The van der Waals surface area contributed by atoms with E-state index in [0.29, 0.717) is 6.42 Å². The minimum absolute atomic E-state index is 0.0391. The van der Waals surface area contributed by atoms with Gasteiger partial charge in [0.1, 0.15) is 11.4 Å². The number of nitro benzene ring substituents is 2. The Labute approximate surface area is 272 Å². The normalized spacial score (nSPS) is 16.2. The fourth-order valence-electron chi connectivity index (χ4n) is 6.69. The lowest BCUT2D eigenvalue weighted by Gasteiger charge is -2.42. The summed E-state index contributed by atoms with van der Waals surface area (Å²) in [6, 6.07) is 11.3. The molecule has 2 aliphatic heterocycles. The molecular formula is C32H30N8O8. The van der Waals surface area contributed by atoms with Crippen molar-refractivity contribution in [1.82, 2.24) is 20.0 Å². The molecule has 4 amide bonds. The minimum Gasteiger partial charge on any atom is -0.393 e. The third-order valence-electron chi connectivity index (χ3n) is 9.21. The standard InChI is InChI=1S/C32H30N8O8/c1-5-24(35-14(2)37-29(41)18-10-6-8-16-25(18)20(31(37)43)12-22(27(16)33)39(45)46)36(4)15(3)38-30(42)19-11-7-9-17-26(19)21(32(38)44)13-23(28(17)34)40(47)48/h6-15,24,35H,5,33-34H2,1-4H3. The fourth-order valence-corrected chi connectivity index (χ4v) is 6.69. The van der Waals surface area contributed by atoms with E-state index in [1.54, 1.807) is 25.8 Å². The Bertz CT molecular complexity index is 2150. The highest BCUT2D eigenvalue weighted by molar-refractivity contribution is 6.28.